The first kappa shape index (κ1) is 17.1. The van der Waals surface area contributed by atoms with E-state index in [0.29, 0.717) is 6.42 Å². The van der Waals surface area contributed by atoms with Crippen molar-refractivity contribution >= 4 is 34.3 Å². The molecular weight excluding hydrogens is 347 g/mol. The highest BCUT2D eigenvalue weighted by Gasteiger charge is 2.28. The van der Waals surface area contributed by atoms with Gasteiger partial charge in [0.15, 0.2) is 9.84 Å². The van der Waals surface area contributed by atoms with Crippen molar-refractivity contribution in [3.05, 3.63) is 51.7 Å². The van der Waals surface area contributed by atoms with Crippen LogP contribution in [0.2, 0.25) is 0 Å². The lowest BCUT2D eigenvalue weighted by atomic mass is 10.1. The zero-order valence-electron chi connectivity index (χ0n) is 11.5. The standard InChI is InChI=1S/C13H13O6PS2/c1-22(18,19)11-5-2-9(3-6-11)8-10-4-7-12(21-10)13(14)20(15,16)17/h2-7H,8H2,1H3,(H2,15,16,17). The smallest absolute Gasteiger partial charge is 0.319 e. The number of rotatable bonds is 5. The molecule has 0 aliphatic rings. The van der Waals surface area contributed by atoms with Gasteiger partial charge in [-0.1, -0.05) is 12.1 Å². The zero-order chi connectivity index (χ0) is 16.5. The summed E-state index contributed by atoms with van der Waals surface area (Å²) < 4.78 is 33.7. The maximum Gasteiger partial charge on any atom is 0.397 e. The molecule has 6 nitrogen and oxygen atoms in total. The Morgan fingerprint density at radius 1 is 1.14 bits per heavy atom. The number of benzene rings is 1. The summed E-state index contributed by atoms with van der Waals surface area (Å²) in [4.78, 5) is 30.2. The topological polar surface area (TPSA) is 109 Å². The van der Waals surface area contributed by atoms with Gasteiger partial charge in [-0.2, -0.15) is 0 Å². The van der Waals surface area contributed by atoms with Crippen LogP contribution in [-0.4, -0.2) is 30.0 Å². The van der Waals surface area contributed by atoms with Crippen molar-refractivity contribution in [2.45, 2.75) is 11.3 Å². The number of carbonyl (C=O) groups is 1. The minimum absolute atomic E-state index is 0.0103. The molecule has 1 heterocycles. The van der Waals surface area contributed by atoms with Crippen LogP contribution in [0.5, 0.6) is 0 Å². The van der Waals surface area contributed by atoms with Crippen molar-refractivity contribution in [2.75, 3.05) is 6.26 Å². The first-order valence-electron chi connectivity index (χ1n) is 6.05. The number of hydrogen-bond donors (Lipinski definition) is 2. The Balaban J connectivity index is 2.17. The summed E-state index contributed by atoms with van der Waals surface area (Å²) in [6.07, 6.45) is 1.57. The van der Waals surface area contributed by atoms with Crippen molar-refractivity contribution in [3.63, 3.8) is 0 Å². The van der Waals surface area contributed by atoms with E-state index in [0.717, 1.165) is 28.0 Å². The molecule has 0 unspecified atom stereocenters. The first-order valence-corrected chi connectivity index (χ1v) is 10.4. The summed E-state index contributed by atoms with van der Waals surface area (Å²) in [6.45, 7) is 0. The number of sulfone groups is 1. The summed E-state index contributed by atoms with van der Waals surface area (Å²) in [5.41, 5.74) is -0.347. The molecule has 0 fully saturated rings. The van der Waals surface area contributed by atoms with Crippen LogP contribution in [0.25, 0.3) is 0 Å². The predicted molar refractivity (Wildman–Crippen MR) is 83.1 cm³/mol. The van der Waals surface area contributed by atoms with E-state index < -0.39 is 23.0 Å². The van der Waals surface area contributed by atoms with Crippen LogP contribution in [0.1, 0.15) is 20.1 Å². The molecule has 0 amide bonds. The van der Waals surface area contributed by atoms with Crippen molar-refractivity contribution in [1.29, 1.82) is 0 Å². The third-order valence-corrected chi connectivity index (χ3v) is 6.00. The lowest BCUT2D eigenvalue weighted by Crippen LogP contribution is -1.97. The largest absolute Gasteiger partial charge is 0.397 e. The average molecular weight is 360 g/mol. The van der Waals surface area contributed by atoms with Gasteiger partial charge in [0.2, 0.25) is 0 Å². The second-order valence-electron chi connectivity index (χ2n) is 4.71. The minimum Gasteiger partial charge on any atom is -0.319 e. The summed E-state index contributed by atoms with van der Waals surface area (Å²) in [5, 5.41) is 0. The Morgan fingerprint density at radius 3 is 2.23 bits per heavy atom. The molecule has 2 N–H and O–H groups in total. The van der Waals surface area contributed by atoms with E-state index in [9.17, 15) is 17.8 Å². The Hall–Kier alpha value is -1.31. The van der Waals surface area contributed by atoms with Crippen LogP contribution in [0.3, 0.4) is 0 Å². The predicted octanol–water partition coefficient (Wildman–Crippen LogP) is 2.06. The van der Waals surface area contributed by atoms with E-state index in [1.807, 2.05) is 0 Å². The molecular formula is C13H13O6PS2. The molecule has 0 aliphatic heterocycles. The van der Waals surface area contributed by atoms with Gasteiger partial charge in [-0.25, -0.2) is 8.42 Å². The summed E-state index contributed by atoms with van der Waals surface area (Å²) in [6, 6.07) is 9.34. The highest BCUT2D eigenvalue weighted by molar-refractivity contribution is 7.90. The summed E-state index contributed by atoms with van der Waals surface area (Å²) in [7, 11) is -8.01. The summed E-state index contributed by atoms with van der Waals surface area (Å²) in [5.74, 6) is 0. The van der Waals surface area contributed by atoms with Gasteiger partial charge < -0.3 is 9.79 Å². The lowest BCUT2D eigenvalue weighted by Gasteiger charge is -2.02. The molecule has 22 heavy (non-hydrogen) atoms. The van der Waals surface area contributed by atoms with Crippen LogP contribution in [-0.2, 0) is 20.8 Å². The molecule has 2 aromatic rings. The molecule has 2 rings (SSSR count). The molecule has 9 heteroatoms. The quantitative estimate of drug-likeness (QED) is 0.790. The lowest BCUT2D eigenvalue weighted by molar-refractivity contribution is 0.104. The molecule has 1 aromatic heterocycles. The second-order valence-corrected chi connectivity index (χ2v) is 9.39. The molecule has 0 atom stereocenters. The van der Waals surface area contributed by atoms with Gasteiger partial charge in [-0.05, 0) is 29.8 Å². The van der Waals surface area contributed by atoms with Crippen LogP contribution < -0.4 is 0 Å². The van der Waals surface area contributed by atoms with Crippen molar-refractivity contribution in [1.82, 2.24) is 0 Å². The highest BCUT2D eigenvalue weighted by atomic mass is 32.2. The van der Waals surface area contributed by atoms with Gasteiger partial charge in [0, 0.05) is 17.6 Å². The van der Waals surface area contributed by atoms with E-state index in [1.54, 1.807) is 18.2 Å². The Bertz CT molecular complexity index is 845. The van der Waals surface area contributed by atoms with E-state index >= 15 is 0 Å². The molecule has 0 aliphatic carbocycles. The number of carbonyl (C=O) groups excluding carboxylic acids is 1. The molecule has 0 bridgehead atoms. The van der Waals surface area contributed by atoms with Gasteiger partial charge in [0.25, 0.3) is 5.52 Å². The number of hydrogen-bond acceptors (Lipinski definition) is 5. The molecule has 1 aromatic carbocycles. The zero-order valence-corrected chi connectivity index (χ0v) is 14.0. The third kappa shape index (κ3) is 4.12. The monoisotopic (exact) mass is 360 g/mol. The van der Waals surface area contributed by atoms with E-state index in [1.165, 1.54) is 18.2 Å². The van der Waals surface area contributed by atoms with Gasteiger partial charge in [0.05, 0.1) is 9.77 Å². The molecule has 0 saturated carbocycles. The second kappa shape index (κ2) is 6.06. The van der Waals surface area contributed by atoms with Crippen molar-refractivity contribution in [2.24, 2.45) is 0 Å². The van der Waals surface area contributed by atoms with Crippen molar-refractivity contribution < 1.29 is 27.6 Å². The van der Waals surface area contributed by atoms with Gasteiger partial charge in [-0.15, -0.1) is 11.3 Å². The molecule has 0 radical (unpaired) electrons. The number of thiophene rings is 1. The summed E-state index contributed by atoms with van der Waals surface area (Å²) >= 11 is 1.01. The molecule has 0 saturated heterocycles. The fraction of sp³-hybridized carbons (Fsp3) is 0.154. The maximum absolute atomic E-state index is 11.5. The van der Waals surface area contributed by atoms with Gasteiger partial charge in [-0.3, -0.25) is 9.36 Å². The Morgan fingerprint density at radius 2 is 1.73 bits per heavy atom. The van der Waals surface area contributed by atoms with Crippen molar-refractivity contribution in [3.8, 4) is 0 Å². The fourth-order valence-corrected chi connectivity index (χ4v) is 4.15. The Labute approximate surface area is 131 Å². The maximum atomic E-state index is 11.5. The molecule has 118 valence electrons. The van der Waals surface area contributed by atoms with Crippen LogP contribution in [0, 0.1) is 0 Å². The normalized spacial score (nSPS) is 12.3. The average Bonchev–Trinajstić information content (AvgIpc) is 2.84. The van der Waals surface area contributed by atoms with E-state index in [4.69, 9.17) is 9.79 Å². The van der Waals surface area contributed by atoms with Crippen LogP contribution in [0.4, 0.5) is 0 Å². The first-order chi connectivity index (χ1) is 10.1. The van der Waals surface area contributed by atoms with Gasteiger partial charge in [0.1, 0.15) is 0 Å². The van der Waals surface area contributed by atoms with Crippen LogP contribution >= 0.6 is 18.9 Å². The Kier molecular flexibility index (Phi) is 4.70. The van der Waals surface area contributed by atoms with E-state index in [2.05, 4.69) is 0 Å². The highest BCUT2D eigenvalue weighted by Crippen LogP contribution is 2.41. The SMILES string of the molecule is CS(=O)(=O)c1ccc(Cc2ccc(C(=O)P(=O)(O)O)s2)cc1. The van der Waals surface area contributed by atoms with E-state index in [-0.39, 0.29) is 9.77 Å². The fourth-order valence-electron chi connectivity index (χ4n) is 1.79. The van der Waals surface area contributed by atoms with Gasteiger partial charge >= 0.3 is 7.60 Å². The molecule has 0 spiro atoms. The minimum atomic E-state index is -4.77. The van der Waals surface area contributed by atoms with Crippen LogP contribution in [0.15, 0.2) is 41.3 Å². The third-order valence-electron chi connectivity index (χ3n) is 2.87.